The molecule has 270 valence electrons. The summed E-state index contributed by atoms with van der Waals surface area (Å²) in [5, 5.41) is 25.5. The van der Waals surface area contributed by atoms with Gasteiger partial charge in [-0.1, -0.05) is 54.1 Å². The molecule has 1 aliphatic heterocycles. The summed E-state index contributed by atoms with van der Waals surface area (Å²) < 4.78 is 54.1. The first-order chi connectivity index (χ1) is 24.2. The quantitative estimate of drug-likeness (QED) is 0.125. The van der Waals surface area contributed by atoms with Crippen LogP contribution in [0.1, 0.15) is 54.1 Å². The molecule has 2 aromatic heterocycles. The van der Waals surface area contributed by atoms with Crippen LogP contribution >= 0.6 is 11.6 Å². The van der Waals surface area contributed by atoms with Gasteiger partial charge in [0.1, 0.15) is 11.9 Å². The second-order valence-corrected chi connectivity index (χ2v) is 13.7. The number of carboxylic acids is 1. The number of benzene rings is 2. The highest BCUT2D eigenvalue weighted by molar-refractivity contribution is 6.36. The number of likely N-dealkylation sites (tertiary alicyclic amines) is 1. The Balaban J connectivity index is 1.28. The van der Waals surface area contributed by atoms with Crippen LogP contribution in [0.4, 0.5) is 19.0 Å². The number of hydrogen-bond donors (Lipinski definition) is 4. The molecule has 2 aliphatic rings. The van der Waals surface area contributed by atoms with Crippen molar-refractivity contribution in [3.05, 3.63) is 87.4 Å². The molecule has 1 aliphatic carbocycles. The Labute approximate surface area is 298 Å². The van der Waals surface area contributed by atoms with E-state index in [0.717, 1.165) is 33.9 Å². The van der Waals surface area contributed by atoms with Crippen molar-refractivity contribution in [2.24, 2.45) is 0 Å². The van der Waals surface area contributed by atoms with Gasteiger partial charge in [0.05, 0.1) is 42.1 Å². The normalized spacial score (nSPS) is 17.4. The van der Waals surface area contributed by atoms with Crippen LogP contribution in [0.2, 0.25) is 5.02 Å². The molecule has 4 aromatic rings. The smallest absolute Gasteiger partial charge is 0.419 e. The molecule has 0 unspecified atom stereocenters. The molecule has 3 heterocycles. The van der Waals surface area contributed by atoms with Gasteiger partial charge in [0.15, 0.2) is 0 Å². The minimum atomic E-state index is -4.74. The van der Waals surface area contributed by atoms with Gasteiger partial charge in [-0.3, -0.25) is 9.69 Å². The summed E-state index contributed by atoms with van der Waals surface area (Å²) in [5.74, 6) is -1.08. The maximum atomic E-state index is 14.4. The monoisotopic (exact) mass is 725 g/mol. The third-order valence-corrected chi connectivity index (χ3v) is 9.74. The molecule has 2 aromatic carbocycles. The van der Waals surface area contributed by atoms with Crippen LogP contribution in [0.25, 0.3) is 22.4 Å². The number of rotatable bonds is 12. The van der Waals surface area contributed by atoms with Crippen molar-refractivity contribution in [1.29, 1.82) is 0 Å². The number of anilines is 1. The molecule has 10 nitrogen and oxygen atoms in total. The lowest BCUT2D eigenvalue weighted by Gasteiger charge is -2.44. The number of alkyl halides is 3. The highest BCUT2D eigenvalue weighted by Gasteiger charge is 2.38. The van der Waals surface area contributed by atoms with E-state index in [2.05, 4.69) is 20.5 Å². The summed E-state index contributed by atoms with van der Waals surface area (Å²) >= 11 is 7.09. The highest BCUT2D eigenvalue weighted by Crippen LogP contribution is 2.45. The van der Waals surface area contributed by atoms with Crippen molar-refractivity contribution in [2.45, 2.75) is 63.6 Å². The van der Waals surface area contributed by atoms with E-state index in [1.54, 1.807) is 14.0 Å². The molecule has 6 rings (SSSR count). The number of methoxy groups -OCH3 is 2. The SMILES string of the molecule is COc1nc(-c2cccc(-c3cccc4c3CC[C@@H]4Nc3nc(OC)c(CN[C@@H](C)C(=O)O)cc3C(F)(F)F)c2Cl)ccc1CN1CC(C)(O)C1. The number of aliphatic hydroxyl groups is 1. The lowest BCUT2D eigenvalue weighted by Crippen LogP contribution is -2.59. The standard InChI is InChI=1S/C37H39ClF3N5O5/c1-20(35(47)48)42-16-22-15-28(37(39,40)41)32(45-34(22)51-4)43-29-14-12-24-23(7-5-8-25(24)29)26-9-6-10-27(31(26)38)30-13-11-21(33(44-30)50-3)17-46-18-36(2,49)19-46/h5-11,13,15,20,29,42,49H,12,14,16-19H2,1-4H3,(H,43,45)(H,47,48)/t20-,29-/m0/s1. The fourth-order valence-corrected chi connectivity index (χ4v) is 7.19. The predicted molar refractivity (Wildman–Crippen MR) is 187 cm³/mol. The summed E-state index contributed by atoms with van der Waals surface area (Å²) in [6.45, 7) is 4.74. The Morgan fingerprint density at radius 2 is 1.71 bits per heavy atom. The minimum Gasteiger partial charge on any atom is -0.481 e. The number of ether oxygens (including phenoxy) is 2. The molecular weight excluding hydrogens is 687 g/mol. The zero-order valence-corrected chi connectivity index (χ0v) is 29.3. The second-order valence-electron chi connectivity index (χ2n) is 13.3. The predicted octanol–water partition coefficient (Wildman–Crippen LogP) is 6.73. The maximum Gasteiger partial charge on any atom is 0.419 e. The molecule has 51 heavy (non-hydrogen) atoms. The number of aliphatic carboxylic acids is 1. The van der Waals surface area contributed by atoms with E-state index in [4.69, 9.17) is 26.1 Å². The van der Waals surface area contributed by atoms with Crippen LogP contribution in [-0.2, 0) is 30.5 Å². The number of carbonyl (C=O) groups is 1. The molecule has 0 radical (unpaired) electrons. The molecule has 0 bridgehead atoms. The van der Waals surface area contributed by atoms with Gasteiger partial charge in [0.2, 0.25) is 11.8 Å². The maximum absolute atomic E-state index is 14.4. The minimum absolute atomic E-state index is 0.0434. The van der Waals surface area contributed by atoms with Crippen LogP contribution in [0.15, 0.2) is 54.6 Å². The van der Waals surface area contributed by atoms with Gasteiger partial charge >= 0.3 is 12.1 Å². The highest BCUT2D eigenvalue weighted by atomic mass is 35.5. The van der Waals surface area contributed by atoms with Gasteiger partial charge < -0.3 is 30.3 Å². The third-order valence-electron chi connectivity index (χ3n) is 9.33. The Hall–Kier alpha value is -4.43. The molecule has 1 fully saturated rings. The van der Waals surface area contributed by atoms with Gasteiger partial charge in [-0.15, -0.1) is 0 Å². The van der Waals surface area contributed by atoms with Crippen molar-refractivity contribution in [1.82, 2.24) is 20.2 Å². The zero-order chi connectivity index (χ0) is 36.7. The fourth-order valence-electron chi connectivity index (χ4n) is 6.86. The number of nitrogens with zero attached hydrogens (tertiary/aromatic N) is 3. The number of nitrogens with one attached hydrogen (secondary N) is 2. The van der Waals surface area contributed by atoms with Crippen molar-refractivity contribution < 1.29 is 37.7 Å². The lowest BCUT2D eigenvalue weighted by atomic mass is 9.94. The number of hydrogen-bond acceptors (Lipinski definition) is 9. The third kappa shape index (κ3) is 7.62. The number of aromatic nitrogens is 2. The topological polar surface area (TPSA) is 129 Å². The molecule has 2 atom stereocenters. The van der Waals surface area contributed by atoms with Crippen LogP contribution < -0.4 is 20.1 Å². The molecule has 0 amide bonds. The fraction of sp³-hybridized carbons (Fsp3) is 0.378. The summed E-state index contributed by atoms with van der Waals surface area (Å²) in [7, 11) is 2.87. The van der Waals surface area contributed by atoms with Crippen molar-refractivity contribution >= 4 is 23.4 Å². The second kappa shape index (κ2) is 14.3. The summed E-state index contributed by atoms with van der Waals surface area (Å²) in [6, 6.07) is 14.7. The largest absolute Gasteiger partial charge is 0.481 e. The summed E-state index contributed by atoms with van der Waals surface area (Å²) in [5.41, 5.74) is 4.07. The number of β-amino-alcohol motifs (C(OH)–C–C–N with tert-alkyl or cyclic N) is 1. The number of pyridine rings is 2. The zero-order valence-electron chi connectivity index (χ0n) is 28.6. The molecular formula is C37H39ClF3N5O5. The van der Waals surface area contributed by atoms with E-state index in [1.165, 1.54) is 14.0 Å². The van der Waals surface area contributed by atoms with Crippen LogP contribution in [0.3, 0.4) is 0 Å². The average molecular weight is 726 g/mol. The van der Waals surface area contributed by atoms with Crippen molar-refractivity contribution in [3.8, 4) is 34.1 Å². The van der Waals surface area contributed by atoms with E-state index < -0.39 is 35.4 Å². The summed E-state index contributed by atoms with van der Waals surface area (Å²) in [6.07, 6.45) is -3.64. The first-order valence-electron chi connectivity index (χ1n) is 16.5. The van der Waals surface area contributed by atoms with E-state index >= 15 is 0 Å². The number of carboxylic acid groups (broad SMARTS) is 1. The van der Waals surface area contributed by atoms with Gasteiger partial charge in [0.25, 0.3) is 0 Å². The van der Waals surface area contributed by atoms with Crippen LogP contribution in [-0.4, -0.2) is 70.0 Å². The molecule has 0 saturated carbocycles. The van der Waals surface area contributed by atoms with Gasteiger partial charge in [0, 0.05) is 48.4 Å². The van der Waals surface area contributed by atoms with Gasteiger partial charge in [-0.05, 0) is 55.5 Å². The van der Waals surface area contributed by atoms with Crippen molar-refractivity contribution in [3.63, 3.8) is 0 Å². The van der Waals surface area contributed by atoms with Gasteiger partial charge in [-0.2, -0.15) is 18.2 Å². The molecule has 0 spiro atoms. The van der Waals surface area contributed by atoms with E-state index in [0.29, 0.717) is 54.6 Å². The Bertz CT molecular complexity index is 1950. The van der Waals surface area contributed by atoms with E-state index in [-0.39, 0.29) is 23.8 Å². The first kappa shape index (κ1) is 36.4. The summed E-state index contributed by atoms with van der Waals surface area (Å²) in [4.78, 5) is 22.3. The van der Waals surface area contributed by atoms with Crippen LogP contribution in [0, 0.1) is 0 Å². The molecule has 1 saturated heterocycles. The number of fused-ring (bicyclic) bond motifs is 1. The van der Waals surface area contributed by atoms with E-state index in [9.17, 15) is 28.2 Å². The molecule has 4 N–H and O–H groups in total. The number of halogens is 4. The van der Waals surface area contributed by atoms with Crippen molar-refractivity contribution in [2.75, 3.05) is 32.6 Å². The first-order valence-corrected chi connectivity index (χ1v) is 16.8. The average Bonchev–Trinajstić information content (AvgIpc) is 3.49. The Morgan fingerprint density at radius 3 is 2.37 bits per heavy atom. The van der Waals surface area contributed by atoms with Gasteiger partial charge in [-0.25, -0.2) is 4.98 Å². The van der Waals surface area contributed by atoms with E-state index in [1.807, 2.05) is 48.5 Å². The van der Waals surface area contributed by atoms with Crippen LogP contribution in [0.5, 0.6) is 11.8 Å². The Kier molecular flexibility index (Phi) is 10.2. The molecule has 14 heteroatoms. The Morgan fingerprint density at radius 1 is 1.04 bits per heavy atom. The lowest BCUT2D eigenvalue weighted by molar-refractivity contribution is -0.139.